The molecule has 1 fully saturated rings. The van der Waals surface area contributed by atoms with Crippen molar-refractivity contribution in [2.75, 3.05) is 26.8 Å². The maximum Gasteiger partial charge on any atom is 0.307 e. The molecule has 0 saturated carbocycles. The summed E-state index contributed by atoms with van der Waals surface area (Å²) in [6.07, 6.45) is 0. The van der Waals surface area contributed by atoms with E-state index in [1.807, 2.05) is 11.9 Å². The van der Waals surface area contributed by atoms with Gasteiger partial charge in [-0.25, -0.2) is 0 Å². The first-order valence-corrected chi connectivity index (χ1v) is 5.93. The predicted molar refractivity (Wildman–Crippen MR) is 61.5 cm³/mol. The molecule has 2 rings (SSSR count). The second-order valence-corrected chi connectivity index (χ2v) is 5.40. The zero-order valence-corrected chi connectivity index (χ0v) is 10.1. The summed E-state index contributed by atoms with van der Waals surface area (Å²) in [6, 6.07) is 0. The largest absolute Gasteiger partial charge is 0.625 e. The summed E-state index contributed by atoms with van der Waals surface area (Å²) in [7, 11) is 1.96. The van der Waals surface area contributed by atoms with E-state index in [2.05, 4.69) is 24.0 Å². The number of hydrogen-bond donors (Lipinski definition) is 0. The highest BCUT2D eigenvalue weighted by Crippen LogP contribution is 2.31. The molecule has 2 heterocycles. The Morgan fingerprint density at radius 2 is 2.20 bits per heavy atom. The van der Waals surface area contributed by atoms with Gasteiger partial charge in [0.1, 0.15) is 11.7 Å². The van der Waals surface area contributed by atoms with Gasteiger partial charge in [0.25, 0.3) is 0 Å². The lowest BCUT2D eigenvalue weighted by Gasteiger charge is -2.33. The zero-order chi connectivity index (χ0) is 11.1. The first kappa shape index (κ1) is 10.9. The molecule has 1 unspecified atom stereocenters. The van der Waals surface area contributed by atoms with Crippen LogP contribution in [0.4, 0.5) is 5.13 Å². The highest BCUT2D eigenvalue weighted by atomic mass is 32.1. The molecule has 5 nitrogen and oxygen atoms in total. The number of nitrogens with zero attached hydrogens (tertiary/aromatic N) is 4. The van der Waals surface area contributed by atoms with Crippen LogP contribution in [0.15, 0.2) is 0 Å². The summed E-state index contributed by atoms with van der Waals surface area (Å²) in [5.74, 6) is 0.350. The highest BCUT2D eigenvalue weighted by molar-refractivity contribution is 7.15. The number of rotatable bonds is 2. The lowest BCUT2D eigenvalue weighted by molar-refractivity contribution is 0.336. The van der Waals surface area contributed by atoms with Gasteiger partial charge in [-0.2, -0.15) is 0 Å². The number of aromatic nitrogens is 2. The third kappa shape index (κ3) is 2.03. The van der Waals surface area contributed by atoms with E-state index in [0.717, 1.165) is 11.6 Å². The molecule has 6 heteroatoms. The van der Waals surface area contributed by atoms with Gasteiger partial charge in [0.05, 0.1) is 13.1 Å². The van der Waals surface area contributed by atoms with Crippen LogP contribution >= 0.6 is 11.3 Å². The van der Waals surface area contributed by atoms with Crippen molar-refractivity contribution < 1.29 is 0 Å². The van der Waals surface area contributed by atoms with Crippen molar-refractivity contribution in [3.05, 3.63) is 10.2 Å². The first-order valence-electron chi connectivity index (χ1n) is 5.12. The van der Waals surface area contributed by atoms with Crippen LogP contribution in [0, 0.1) is 5.21 Å². The van der Waals surface area contributed by atoms with E-state index in [9.17, 15) is 5.21 Å². The standard InChI is InChI=1S/C9H16N4OS/c1-7(2)8-10-11-9(15-8)13(14)5-4-12(3)6-13/h7H,4-6H2,1-3H3. The van der Waals surface area contributed by atoms with Gasteiger partial charge < -0.3 is 5.21 Å². The van der Waals surface area contributed by atoms with Gasteiger partial charge in [0, 0.05) is 5.92 Å². The van der Waals surface area contributed by atoms with E-state index >= 15 is 0 Å². The average Bonchev–Trinajstić information content (AvgIpc) is 2.73. The minimum Gasteiger partial charge on any atom is -0.625 e. The maximum absolute atomic E-state index is 12.4. The summed E-state index contributed by atoms with van der Waals surface area (Å²) in [5, 5.41) is 22.0. The second kappa shape index (κ2) is 3.79. The number of hydroxylamine groups is 2. The van der Waals surface area contributed by atoms with Gasteiger partial charge in [-0.15, -0.1) is 5.10 Å². The summed E-state index contributed by atoms with van der Waals surface area (Å²) in [6.45, 7) is 6.04. The Hall–Kier alpha value is -0.560. The van der Waals surface area contributed by atoms with Crippen molar-refractivity contribution in [2.45, 2.75) is 19.8 Å². The fourth-order valence-corrected chi connectivity index (χ4v) is 2.55. The molecule has 1 aliphatic rings. The third-order valence-corrected chi connectivity index (χ3v) is 3.94. The monoisotopic (exact) mass is 228 g/mol. The Kier molecular flexibility index (Phi) is 2.76. The number of quaternary nitrogens is 1. The van der Waals surface area contributed by atoms with Crippen molar-refractivity contribution in [2.24, 2.45) is 0 Å². The molecular weight excluding hydrogens is 212 g/mol. The van der Waals surface area contributed by atoms with E-state index in [0.29, 0.717) is 24.3 Å². The van der Waals surface area contributed by atoms with Gasteiger partial charge in [-0.05, 0) is 18.4 Å². The minimum absolute atomic E-state index is 0.332. The Morgan fingerprint density at radius 1 is 1.47 bits per heavy atom. The van der Waals surface area contributed by atoms with Crippen LogP contribution in [0.25, 0.3) is 0 Å². The molecule has 0 spiro atoms. The van der Waals surface area contributed by atoms with Crippen LogP contribution in [-0.2, 0) is 0 Å². The van der Waals surface area contributed by atoms with Gasteiger partial charge >= 0.3 is 5.13 Å². The fraction of sp³-hybridized carbons (Fsp3) is 0.778. The van der Waals surface area contributed by atoms with E-state index < -0.39 is 0 Å². The van der Waals surface area contributed by atoms with Gasteiger partial charge in [0.15, 0.2) is 0 Å². The van der Waals surface area contributed by atoms with Crippen molar-refractivity contribution in [3.8, 4) is 0 Å². The molecule has 0 amide bonds. The molecule has 0 aromatic carbocycles. The molecule has 0 N–H and O–H groups in total. The van der Waals surface area contributed by atoms with E-state index in [4.69, 9.17) is 0 Å². The van der Waals surface area contributed by atoms with E-state index in [-0.39, 0.29) is 4.65 Å². The van der Waals surface area contributed by atoms with Crippen molar-refractivity contribution in [1.82, 2.24) is 19.7 Å². The SMILES string of the molecule is CC(C)c1nnc([N+]2([O-])CCN(C)C2)s1. The van der Waals surface area contributed by atoms with Crippen LogP contribution in [0.5, 0.6) is 0 Å². The van der Waals surface area contributed by atoms with Gasteiger partial charge in [-0.3, -0.25) is 9.55 Å². The Balaban J connectivity index is 2.22. The number of likely N-dealkylation sites (N-methyl/N-ethyl adjacent to an activating group) is 1. The lowest BCUT2D eigenvalue weighted by Crippen LogP contribution is -2.41. The topological polar surface area (TPSA) is 52.1 Å². The lowest BCUT2D eigenvalue weighted by atomic mass is 10.2. The Labute approximate surface area is 93.5 Å². The normalized spacial score (nSPS) is 27.8. The predicted octanol–water partition coefficient (Wildman–Crippen LogP) is 1.37. The quantitative estimate of drug-likeness (QED) is 0.566. The molecule has 1 aliphatic heterocycles. The summed E-state index contributed by atoms with van der Waals surface area (Å²) < 4.78 is -0.332. The molecule has 0 aliphatic carbocycles. The maximum atomic E-state index is 12.4. The number of hydrogen-bond acceptors (Lipinski definition) is 5. The average molecular weight is 228 g/mol. The van der Waals surface area contributed by atoms with Crippen molar-refractivity contribution >= 4 is 16.5 Å². The third-order valence-electron chi connectivity index (χ3n) is 2.59. The van der Waals surface area contributed by atoms with Crippen LogP contribution < -0.4 is 4.65 Å². The minimum atomic E-state index is -0.332. The molecule has 84 valence electrons. The molecule has 15 heavy (non-hydrogen) atoms. The summed E-state index contributed by atoms with van der Waals surface area (Å²) in [5.41, 5.74) is 0. The van der Waals surface area contributed by atoms with Crippen LogP contribution in [0.1, 0.15) is 24.8 Å². The Bertz CT molecular complexity index is 354. The summed E-state index contributed by atoms with van der Waals surface area (Å²) >= 11 is 1.45. The molecule has 1 aromatic heterocycles. The van der Waals surface area contributed by atoms with E-state index in [1.54, 1.807) is 0 Å². The molecular formula is C9H16N4OS. The zero-order valence-electron chi connectivity index (χ0n) is 9.30. The molecule has 1 aromatic rings. The van der Waals surface area contributed by atoms with Crippen molar-refractivity contribution in [3.63, 3.8) is 0 Å². The summed E-state index contributed by atoms with van der Waals surface area (Å²) in [4.78, 5) is 2.03. The second-order valence-electron chi connectivity index (χ2n) is 4.41. The van der Waals surface area contributed by atoms with Gasteiger partial charge in [0.2, 0.25) is 0 Å². The van der Waals surface area contributed by atoms with Crippen LogP contribution in [0.3, 0.4) is 0 Å². The van der Waals surface area contributed by atoms with Crippen molar-refractivity contribution in [1.29, 1.82) is 0 Å². The first-order chi connectivity index (χ1) is 7.01. The molecule has 0 bridgehead atoms. The molecule has 1 atom stereocenters. The van der Waals surface area contributed by atoms with Gasteiger partial charge in [-0.1, -0.05) is 18.9 Å². The fourth-order valence-electron chi connectivity index (χ4n) is 1.64. The van der Waals surface area contributed by atoms with Crippen LogP contribution in [-0.4, -0.2) is 41.9 Å². The molecule has 0 radical (unpaired) electrons. The highest BCUT2D eigenvalue weighted by Gasteiger charge is 2.33. The molecule has 1 saturated heterocycles. The smallest absolute Gasteiger partial charge is 0.307 e. The Morgan fingerprint density at radius 3 is 2.67 bits per heavy atom. The van der Waals surface area contributed by atoms with Crippen LogP contribution in [0.2, 0.25) is 0 Å². The van der Waals surface area contributed by atoms with E-state index in [1.165, 1.54) is 11.3 Å².